The molecule has 0 atom stereocenters. The van der Waals surface area contributed by atoms with E-state index in [2.05, 4.69) is 5.10 Å². The number of rotatable bonds is 5. The van der Waals surface area contributed by atoms with Crippen molar-refractivity contribution in [3.8, 4) is 5.69 Å². The van der Waals surface area contributed by atoms with Gasteiger partial charge in [-0.25, -0.2) is 4.79 Å². The maximum absolute atomic E-state index is 13.1. The Morgan fingerprint density at radius 2 is 1.76 bits per heavy atom. The van der Waals surface area contributed by atoms with Crippen LogP contribution in [0.3, 0.4) is 0 Å². The Balaban J connectivity index is 2.19. The van der Waals surface area contributed by atoms with Crippen LogP contribution >= 0.6 is 11.6 Å². The predicted octanol–water partition coefficient (Wildman–Crippen LogP) is 3.52. The lowest BCUT2D eigenvalue weighted by Crippen LogP contribution is -2.46. The van der Waals surface area contributed by atoms with Crippen molar-refractivity contribution in [2.75, 3.05) is 13.6 Å². The van der Waals surface area contributed by atoms with Gasteiger partial charge in [0.1, 0.15) is 0 Å². The molecule has 1 heterocycles. The van der Waals surface area contributed by atoms with Gasteiger partial charge in [-0.05, 0) is 49.2 Å². The molecular weight excluding hydrogens is 461 g/mol. The molecule has 0 aliphatic heterocycles. The van der Waals surface area contributed by atoms with Crippen LogP contribution < -0.4 is 11.2 Å². The van der Waals surface area contributed by atoms with Crippen molar-refractivity contribution in [1.29, 1.82) is 0 Å². The van der Waals surface area contributed by atoms with Gasteiger partial charge in [-0.3, -0.25) is 14.2 Å². The second-order valence-electron chi connectivity index (χ2n) is 7.38. The van der Waals surface area contributed by atoms with Gasteiger partial charge >= 0.3 is 11.9 Å². The van der Waals surface area contributed by atoms with E-state index in [4.69, 9.17) is 11.6 Å². The van der Waals surface area contributed by atoms with Gasteiger partial charge in [0, 0.05) is 18.6 Å². The largest absolute Gasteiger partial charge is 0.416 e. The molecule has 0 aliphatic rings. The number of halogens is 4. The summed E-state index contributed by atoms with van der Waals surface area (Å²) in [5.74, 6) is -0.698. The molecule has 0 saturated carbocycles. The summed E-state index contributed by atoms with van der Waals surface area (Å²) in [5, 5.41) is 4.35. The molecule has 0 bridgehead atoms. The quantitative estimate of drug-likeness (QED) is 0.560. The second-order valence-corrected chi connectivity index (χ2v) is 7.79. The number of aryl methyl sites for hydroxylation is 1. The van der Waals surface area contributed by atoms with Gasteiger partial charge < -0.3 is 4.90 Å². The molecule has 1 aromatic heterocycles. The third kappa shape index (κ3) is 5.00. The Bertz CT molecular complexity index is 1310. The third-order valence-corrected chi connectivity index (χ3v) is 5.51. The molecule has 0 radical (unpaired) electrons. The molecule has 7 nitrogen and oxygen atoms in total. The fourth-order valence-electron chi connectivity index (χ4n) is 2.98. The van der Waals surface area contributed by atoms with Crippen LogP contribution in [0.4, 0.5) is 13.2 Å². The van der Waals surface area contributed by atoms with Gasteiger partial charge in [-0.15, -0.1) is 0 Å². The van der Waals surface area contributed by atoms with Crippen molar-refractivity contribution in [3.05, 3.63) is 90.7 Å². The van der Waals surface area contributed by atoms with Crippen molar-refractivity contribution >= 4 is 17.5 Å². The number of carbonyl (C=O) groups is 1. The molecule has 3 aromatic rings. The number of amides is 1. The van der Waals surface area contributed by atoms with Crippen LogP contribution in [0.15, 0.2) is 52.1 Å². The van der Waals surface area contributed by atoms with Crippen LogP contribution in [-0.2, 0) is 12.7 Å². The molecule has 0 saturated heterocycles. The standard InChI is InChI=1S/C22H20ClF3N4O3/c1-4-28(3)19(31)18-20(32)29(12-14-6-8-15(9-7-14)22(24,25)26)21(33)30(27-18)16-10-5-13(2)17(23)11-16/h5-11H,4,12H2,1-3H3. The van der Waals surface area contributed by atoms with E-state index in [-0.39, 0.29) is 24.3 Å². The van der Waals surface area contributed by atoms with Crippen molar-refractivity contribution in [2.24, 2.45) is 0 Å². The van der Waals surface area contributed by atoms with Crippen LogP contribution in [0.2, 0.25) is 5.02 Å². The molecule has 33 heavy (non-hydrogen) atoms. The highest BCUT2D eigenvalue weighted by Gasteiger charge is 2.30. The topological polar surface area (TPSA) is 77.2 Å². The highest BCUT2D eigenvalue weighted by Crippen LogP contribution is 2.29. The third-order valence-electron chi connectivity index (χ3n) is 5.11. The molecule has 3 rings (SSSR count). The Kier molecular flexibility index (Phi) is 6.78. The zero-order chi connectivity index (χ0) is 24.5. The first-order chi connectivity index (χ1) is 15.4. The Labute approximate surface area is 191 Å². The number of carbonyl (C=O) groups excluding carboxylic acids is 1. The molecule has 174 valence electrons. The van der Waals surface area contributed by atoms with E-state index in [1.54, 1.807) is 26.0 Å². The molecule has 1 amide bonds. The number of nitrogens with zero attached hydrogens (tertiary/aromatic N) is 4. The SMILES string of the molecule is CCN(C)C(=O)c1nn(-c2ccc(C)c(Cl)c2)c(=O)n(Cc2ccc(C(F)(F)F)cc2)c1=O. The Morgan fingerprint density at radius 3 is 2.30 bits per heavy atom. The van der Waals surface area contributed by atoms with E-state index in [9.17, 15) is 27.6 Å². The van der Waals surface area contributed by atoms with E-state index >= 15 is 0 Å². The molecule has 0 spiro atoms. The normalized spacial score (nSPS) is 11.5. The first-order valence-corrected chi connectivity index (χ1v) is 10.2. The van der Waals surface area contributed by atoms with Crippen LogP contribution in [-0.4, -0.2) is 38.7 Å². The lowest BCUT2D eigenvalue weighted by atomic mass is 10.1. The first kappa shape index (κ1) is 24.2. The fraction of sp³-hybridized carbons (Fsp3) is 0.273. The van der Waals surface area contributed by atoms with E-state index in [0.717, 1.165) is 26.9 Å². The minimum atomic E-state index is -4.52. The number of aromatic nitrogens is 3. The molecule has 0 unspecified atom stereocenters. The Hall–Kier alpha value is -3.40. The highest BCUT2D eigenvalue weighted by atomic mass is 35.5. The first-order valence-electron chi connectivity index (χ1n) is 9.86. The fourth-order valence-corrected chi connectivity index (χ4v) is 3.15. The highest BCUT2D eigenvalue weighted by molar-refractivity contribution is 6.31. The second kappa shape index (κ2) is 9.22. The smallest absolute Gasteiger partial charge is 0.340 e. The lowest BCUT2D eigenvalue weighted by molar-refractivity contribution is -0.137. The number of benzene rings is 2. The van der Waals surface area contributed by atoms with Gasteiger partial charge in [0.2, 0.25) is 5.69 Å². The molecule has 0 N–H and O–H groups in total. The van der Waals surface area contributed by atoms with Crippen LogP contribution in [0.1, 0.15) is 34.1 Å². The maximum Gasteiger partial charge on any atom is 0.416 e. The minimum absolute atomic E-state index is 0.227. The molecular formula is C22H20ClF3N4O3. The summed E-state index contributed by atoms with van der Waals surface area (Å²) in [4.78, 5) is 40.2. The number of alkyl halides is 3. The summed E-state index contributed by atoms with van der Waals surface area (Å²) in [6.45, 7) is 3.40. The summed E-state index contributed by atoms with van der Waals surface area (Å²) in [6, 6.07) is 8.73. The molecule has 11 heteroatoms. The maximum atomic E-state index is 13.1. The van der Waals surface area contributed by atoms with Crippen molar-refractivity contribution in [3.63, 3.8) is 0 Å². The Morgan fingerprint density at radius 1 is 1.12 bits per heavy atom. The number of hydrogen-bond acceptors (Lipinski definition) is 4. The molecule has 2 aromatic carbocycles. The van der Waals surface area contributed by atoms with Gasteiger partial charge in [0.25, 0.3) is 11.5 Å². The van der Waals surface area contributed by atoms with Crippen molar-refractivity contribution < 1.29 is 18.0 Å². The average Bonchev–Trinajstić information content (AvgIpc) is 2.77. The summed E-state index contributed by atoms with van der Waals surface area (Å²) in [5.41, 5.74) is -1.93. The monoisotopic (exact) mass is 480 g/mol. The van der Waals surface area contributed by atoms with Crippen molar-refractivity contribution in [2.45, 2.75) is 26.6 Å². The summed E-state index contributed by atoms with van der Waals surface area (Å²) < 4.78 is 40.2. The predicted molar refractivity (Wildman–Crippen MR) is 117 cm³/mol. The van der Waals surface area contributed by atoms with E-state index in [0.29, 0.717) is 5.02 Å². The van der Waals surface area contributed by atoms with E-state index in [1.165, 1.54) is 30.1 Å². The zero-order valence-corrected chi connectivity index (χ0v) is 18.7. The number of hydrogen-bond donors (Lipinski definition) is 0. The van der Waals surface area contributed by atoms with Crippen molar-refractivity contribution in [1.82, 2.24) is 19.2 Å². The summed E-state index contributed by atoms with van der Waals surface area (Å²) >= 11 is 6.16. The molecule has 0 fully saturated rings. The van der Waals surface area contributed by atoms with Gasteiger partial charge in [0.15, 0.2) is 0 Å². The van der Waals surface area contributed by atoms with Crippen LogP contribution in [0.25, 0.3) is 5.69 Å². The zero-order valence-electron chi connectivity index (χ0n) is 18.0. The summed E-state index contributed by atoms with van der Waals surface area (Å²) in [7, 11) is 1.47. The lowest BCUT2D eigenvalue weighted by Gasteiger charge is -2.16. The van der Waals surface area contributed by atoms with Gasteiger partial charge in [0.05, 0.1) is 17.8 Å². The van der Waals surface area contributed by atoms with Gasteiger partial charge in [-0.2, -0.15) is 23.0 Å². The average molecular weight is 481 g/mol. The van der Waals surface area contributed by atoms with E-state index in [1.807, 2.05) is 0 Å². The molecule has 0 aliphatic carbocycles. The minimum Gasteiger partial charge on any atom is -0.340 e. The van der Waals surface area contributed by atoms with E-state index < -0.39 is 34.6 Å². The summed E-state index contributed by atoms with van der Waals surface area (Å²) in [6.07, 6.45) is -4.52. The van der Waals surface area contributed by atoms with Gasteiger partial charge in [-0.1, -0.05) is 29.8 Å². The van der Waals surface area contributed by atoms with Crippen LogP contribution in [0, 0.1) is 6.92 Å². The van der Waals surface area contributed by atoms with Crippen LogP contribution in [0.5, 0.6) is 0 Å².